The van der Waals surface area contributed by atoms with E-state index in [1.54, 1.807) is 18.2 Å². The molecule has 96 valence electrons. The number of aliphatic hydroxyl groups is 1. The van der Waals surface area contributed by atoms with Gasteiger partial charge >= 0.3 is 0 Å². The fraction of sp³-hybridized carbons (Fsp3) is 0.0667. The van der Waals surface area contributed by atoms with Crippen LogP contribution in [0.4, 0.5) is 4.39 Å². The predicted octanol–water partition coefficient (Wildman–Crippen LogP) is 4.22. The SMILES string of the molecule is OC(C#Cc1ccc(F)cc1)c1cccc(Cl)c1Cl. The lowest BCUT2D eigenvalue weighted by Crippen LogP contribution is -1.95. The van der Waals surface area contributed by atoms with Gasteiger partial charge < -0.3 is 5.11 Å². The van der Waals surface area contributed by atoms with E-state index in [-0.39, 0.29) is 10.8 Å². The zero-order chi connectivity index (χ0) is 13.8. The minimum atomic E-state index is -1.05. The predicted molar refractivity (Wildman–Crippen MR) is 74.7 cm³/mol. The highest BCUT2D eigenvalue weighted by molar-refractivity contribution is 6.42. The van der Waals surface area contributed by atoms with Gasteiger partial charge in [-0.2, -0.15) is 0 Å². The van der Waals surface area contributed by atoms with Gasteiger partial charge in [0.1, 0.15) is 11.9 Å². The molecule has 0 saturated heterocycles. The summed E-state index contributed by atoms with van der Waals surface area (Å²) in [6.45, 7) is 0. The van der Waals surface area contributed by atoms with Crippen LogP contribution in [0.2, 0.25) is 10.0 Å². The van der Waals surface area contributed by atoms with Gasteiger partial charge in [-0.15, -0.1) is 0 Å². The summed E-state index contributed by atoms with van der Waals surface area (Å²) in [4.78, 5) is 0. The van der Waals surface area contributed by atoms with Gasteiger partial charge in [0.15, 0.2) is 0 Å². The lowest BCUT2D eigenvalue weighted by Gasteiger charge is -2.07. The molecule has 1 nitrogen and oxygen atoms in total. The summed E-state index contributed by atoms with van der Waals surface area (Å²) in [5.41, 5.74) is 1.06. The molecule has 1 N–H and O–H groups in total. The first-order chi connectivity index (χ1) is 9.08. The summed E-state index contributed by atoms with van der Waals surface area (Å²) in [6, 6.07) is 10.7. The van der Waals surface area contributed by atoms with Crippen LogP contribution >= 0.6 is 23.2 Å². The topological polar surface area (TPSA) is 20.2 Å². The summed E-state index contributed by atoms with van der Waals surface area (Å²) in [5.74, 6) is 5.06. The molecule has 0 heterocycles. The van der Waals surface area contributed by atoms with E-state index in [1.807, 2.05) is 0 Å². The Morgan fingerprint density at radius 3 is 2.42 bits per heavy atom. The van der Waals surface area contributed by atoms with E-state index < -0.39 is 6.10 Å². The quantitative estimate of drug-likeness (QED) is 0.781. The van der Waals surface area contributed by atoms with Crippen molar-refractivity contribution in [2.45, 2.75) is 6.10 Å². The second-order valence-electron chi connectivity index (χ2n) is 3.82. The molecule has 0 aliphatic heterocycles. The van der Waals surface area contributed by atoms with Gasteiger partial charge in [0.25, 0.3) is 0 Å². The molecule has 1 atom stereocenters. The van der Waals surface area contributed by atoms with Crippen LogP contribution in [0, 0.1) is 17.7 Å². The normalized spacial score (nSPS) is 11.6. The maximum absolute atomic E-state index is 12.7. The van der Waals surface area contributed by atoms with E-state index in [2.05, 4.69) is 11.8 Å². The van der Waals surface area contributed by atoms with Crippen molar-refractivity contribution in [2.75, 3.05) is 0 Å². The van der Waals surface area contributed by atoms with Crippen LogP contribution in [0.25, 0.3) is 0 Å². The van der Waals surface area contributed by atoms with Crippen LogP contribution in [0.15, 0.2) is 42.5 Å². The number of halogens is 3. The molecule has 0 aromatic heterocycles. The van der Waals surface area contributed by atoms with Crippen molar-refractivity contribution in [3.8, 4) is 11.8 Å². The van der Waals surface area contributed by atoms with E-state index in [0.29, 0.717) is 16.1 Å². The van der Waals surface area contributed by atoms with Gasteiger partial charge in [-0.25, -0.2) is 4.39 Å². The zero-order valence-electron chi connectivity index (χ0n) is 9.70. The first-order valence-electron chi connectivity index (χ1n) is 5.47. The maximum Gasteiger partial charge on any atom is 0.142 e. The van der Waals surface area contributed by atoms with Gasteiger partial charge in [0.05, 0.1) is 10.0 Å². The maximum atomic E-state index is 12.7. The standard InChI is InChI=1S/C15H9Cl2FO/c16-13-3-1-2-12(15(13)17)14(19)9-6-10-4-7-11(18)8-5-10/h1-5,7-8,14,19H. The highest BCUT2D eigenvalue weighted by atomic mass is 35.5. The summed E-state index contributed by atoms with van der Waals surface area (Å²) in [6.07, 6.45) is -1.05. The number of rotatable bonds is 1. The summed E-state index contributed by atoms with van der Waals surface area (Å²) >= 11 is 11.8. The van der Waals surface area contributed by atoms with Gasteiger partial charge in [-0.1, -0.05) is 47.2 Å². The number of benzene rings is 2. The third-order valence-electron chi connectivity index (χ3n) is 2.47. The van der Waals surface area contributed by atoms with Crippen LogP contribution < -0.4 is 0 Å². The molecule has 1 unspecified atom stereocenters. The monoisotopic (exact) mass is 294 g/mol. The van der Waals surface area contributed by atoms with Crippen molar-refractivity contribution in [1.82, 2.24) is 0 Å². The van der Waals surface area contributed by atoms with Crippen molar-refractivity contribution in [2.24, 2.45) is 0 Å². The van der Waals surface area contributed by atoms with Crippen LogP contribution in [-0.2, 0) is 0 Å². The summed E-state index contributed by atoms with van der Waals surface area (Å²) in [7, 11) is 0. The van der Waals surface area contributed by atoms with Crippen LogP contribution in [0.3, 0.4) is 0 Å². The Labute approximate surface area is 120 Å². The molecule has 0 amide bonds. The fourth-order valence-electron chi connectivity index (χ4n) is 1.49. The molecule has 0 aliphatic rings. The molecule has 0 aliphatic carbocycles. The molecular weight excluding hydrogens is 286 g/mol. The average molecular weight is 295 g/mol. The van der Waals surface area contributed by atoms with Crippen LogP contribution in [-0.4, -0.2) is 5.11 Å². The molecule has 0 saturated carbocycles. The fourth-order valence-corrected chi connectivity index (χ4v) is 1.91. The van der Waals surface area contributed by atoms with Gasteiger partial charge in [-0.05, 0) is 30.3 Å². The molecule has 2 rings (SSSR count). The Kier molecular flexibility index (Phi) is 4.44. The summed E-state index contributed by atoms with van der Waals surface area (Å²) < 4.78 is 12.7. The Morgan fingerprint density at radius 2 is 1.74 bits per heavy atom. The van der Waals surface area contributed by atoms with Gasteiger partial charge in [0, 0.05) is 11.1 Å². The summed E-state index contributed by atoms with van der Waals surface area (Å²) in [5, 5.41) is 10.6. The highest BCUT2D eigenvalue weighted by Crippen LogP contribution is 2.29. The third-order valence-corrected chi connectivity index (χ3v) is 3.31. The molecule has 0 bridgehead atoms. The molecule has 0 radical (unpaired) electrons. The van der Waals surface area contributed by atoms with E-state index in [1.165, 1.54) is 24.3 Å². The van der Waals surface area contributed by atoms with Crippen molar-refractivity contribution in [1.29, 1.82) is 0 Å². The lowest BCUT2D eigenvalue weighted by molar-refractivity contribution is 0.238. The number of hydrogen-bond donors (Lipinski definition) is 1. The van der Waals surface area contributed by atoms with E-state index in [9.17, 15) is 9.50 Å². The molecule has 0 spiro atoms. The zero-order valence-corrected chi connectivity index (χ0v) is 11.2. The van der Waals surface area contributed by atoms with Crippen LogP contribution in [0.1, 0.15) is 17.2 Å². The minimum Gasteiger partial charge on any atom is -0.376 e. The minimum absolute atomic E-state index is 0.282. The number of hydrogen-bond acceptors (Lipinski definition) is 1. The molecule has 4 heteroatoms. The van der Waals surface area contributed by atoms with Crippen molar-refractivity contribution >= 4 is 23.2 Å². The lowest BCUT2D eigenvalue weighted by atomic mass is 10.1. The molecule has 19 heavy (non-hydrogen) atoms. The van der Waals surface area contributed by atoms with E-state index in [0.717, 1.165) is 0 Å². The van der Waals surface area contributed by atoms with Crippen LogP contribution in [0.5, 0.6) is 0 Å². The van der Waals surface area contributed by atoms with Gasteiger partial charge in [0.2, 0.25) is 0 Å². The first-order valence-corrected chi connectivity index (χ1v) is 6.22. The van der Waals surface area contributed by atoms with Crippen molar-refractivity contribution in [3.63, 3.8) is 0 Å². The first kappa shape index (κ1) is 13.9. The average Bonchev–Trinajstić information content (AvgIpc) is 2.41. The van der Waals surface area contributed by atoms with E-state index in [4.69, 9.17) is 23.2 Å². The highest BCUT2D eigenvalue weighted by Gasteiger charge is 2.10. The molecule has 0 fully saturated rings. The Hall–Kier alpha value is -1.53. The van der Waals surface area contributed by atoms with E-state index >= 15 is 0 Å². The van der Waals surface area contributed by atoms with Crippen molar-refractivity contribution in [3.05, 3.63) is 69.5 Å². The Bertz CT molecular complexity index is 641. The second kappa shape index (κ2) is 6.08. The molecule has 2 aromatic carbocycles. The third kappa shape index (κ3) is 3.48. The second-order valence-corrected chi connectivity index (χ2v) is 4.61. The number of aliphatic hydroxyl groups excluding tert-OH is 1. The molecule has 2 aromatic rings. The molecular formula is C15H9Cl2FO. The van der Waals surface area contributed by atoms with Crippen molar-refractivity contribution < 1.29 is 9.50 Å². The largest absolute Gasteiger partial charge is 0.376 e. The smallest absolute Gasteiger partial charge is 0.142 e. The Balaban J connectivity index is 2.24. The Morgan fingerprint density at radius 1 is 1.05 bits per heavy atom. The van der Waals surface area contributed by atoms with Gasteiger partial charge in [-0.3, -0.25) is 0 Å².